The largest absolute Gasteiger partial charge is 0.305 e. The maximum absolute atomic E-state index is 12.2. The van der Waals surface area contributed by atoms with Gasteiger partial charge in [-0.1, -0.05) is 0 Å². The molecule has 0 fully saturated rings. The SMILES string of the molecule is CNC(F)CN(C)C. The monoisotopic (exact) mass is 120 g/mol. The number of likely N-dealkylation sites (N-methyl/N-ethyl adjacent to an activating group) is 2. The van der Waals surface area contributed by atoms with Gasteiger partial charge >= 0.3 is 0 Å². The van der Waals surface area contributed by atoms with Gasteiger partial charge in [-0.25, -0.2) is 4.39 Å². The number of hydrogen-bond acceptors (Lipinski definition) is 2. The molecule has 0 rings (SSSR count). The van der Waals surface area contributed by atoms with Crippen LogP contribution in [-0.2, 0) is 0 Å². The summed E-state index contributed by atoms with van der Waals surface area (Å²) in [6.45, 7) is 0.441. The second-order valence-corrected chi connectivity index (χ2v) is 2.02. The fraction of sp³-hybridized carbons (Fsp3) is 1.00. The van der Waals surface area contributed by atoms with E-state index in [-0.39, 0.29) is 0 Å². The van der Waals surface area contributed by atoms with E-state index in [1.54, 1.807) is 11.9 Å². The first-order valence-electron chi connectivity index (χ1n) is 2.63. The molecule has 0 amide bonds. The van der Waals surface area contributed by atoms with Crippen molar-refractivity contribution in [1.82, 2.24) is 10.2 Å². The van der Waals surface area contributed by atoms with Crippen LogP contribution >= 0.6 is 0 Å². The molecule has 0 aliphatic carbocycles. The molecule has 3 heteroatoms. The molecule has 8 heavy (non-hydrogen) atoms. The Hall–Kier alpha value is -0.150. The summed E-state index contributed by atoms with van der Waals surface area (Å²) in [6.07, 6.45) is -0.898. The molecule has 0 aliphatic rings. The number of halogens is 1. The molecule has 50 valence electrons. The number of rotatable bonds is 3. The first kappa shape index (κ1) is 7.85. The lowest BCUT2D eigenvalue weighted by Gasteiger charge is -2.11. The molecule has 0 aromatic carbocycles. The van der Waals surface area contributed by atoms with E-state index in [1.165, 1.54) is 0 Å². The van der Waals surface area contributed by atoms with Gasteiger partial charge in [0.25, 0.3) is 0 Å². The second-order valence-electron chi connectivity index (χ2n) is 2.02. The highest BCUT2D eigenvalue weighted by Crippen LogP contribution is 1.84. The highest BCUT2D eigenvalue weighted by molar-refractivity contribution is 4.51. The van der Waals surface area contributed by atoms with Crippen LogP contribution in [0.4, 0.5) is 4.39 Å². The molecule has 0 saturated heterocycles. The minimum absolute atomic E-state index is 0.441. The summed E-state index contributed by atoms with van der Waals surface area (Å²) in [5.74, 6) is 0. The Balaban J connectivity index is 3.10. The third-order valence-corrected chi connectivity index (χ3v) is 0.839. The van der Waals surface area contributed by atoms with Crippen LogP contribution in [0.25, 0.3) is 0 Å². The van der Waals surface area contributed by atoms with Crippen molar-refractivity contribution >= 4 is 0 Å². The number of nitrogens with zero attached hydrogens (tertiary/aromatic N) is 1. The highest BCUT2D eigenvalue weighted by Gasteiger charge is 2.01. The summed E-state index contributed by atoms with van der Waals surface area (Å²) in [5, 5.41) is 2.49. The van der Waals surface area contributed by atoms with Gasteiger partial charge in [-0.3, -0.25) is 5.32 Å². The fourth-order valence-corrected chi connectivity index (χ4v) is 0.412. The topological polar surface area (TPSA) is 15.3 Å². The van der Waals surface area contributed by atoms with E-state index in [0.717, 1.165) is 0 Å². The summed E-state index contributed by atoms with van der Waals surface area (Å²) in [6, 6.07) is 0. The molecule has 0 spiro atoms. The van der Waals surface area contributed by atoms with Gasteiger partial charge in [0.05, 0.1) is 0 Å². The Morgan fingerprint density at radius 2 is 2.12 bits per heavy atom. The van der Waals surface area contributed by atoms with Crippen molar-refractivity contribution in [3.63, 3.8) is 0 Å². The number of nitrogens with one attached hydrogen (secondary N) is 1. The molecule has 0 bridgehead atoms. The predicted molar refractivity (Wildman–Crippen MR) is 32.5 cm³/mol. The predicted octanol–water partition coefficient (Wildman–Crippen LogP) is 0.0630. The van der Waals surface area contributed by atoms with Gasteiger partial charge in [-0.05, 0) is 21.1 Å². The molecule has 0 aromatic rings. The quantitative estimate of drug-likeness (QED) is 0.530. The van der Waals surface area contributed by atoms with Crippen molar-refractivity contribution in [2.75, 3.05) is 27.7 Å². The first-order chi connectivity index (χ1) is 3.66. The molecule has 1 unspecified atom stereocenters. The Morgan fingerprint density at radius 3 is 2.25 bits per heavy atom. The lowest BCUT2D eigenvalue weighted by Crippen LogP contribution is -2.31. The van der Waals surface area contributed by atoms with Gasteiger partial charge in [0, 0.05) is 6.54 Å². The molecular formula is C5H13FN2. The lowest BCUT2D eigenvalue weighted by atomic mass is 10.5. The van der Waals surface area contributed by atoms with Gasteiger partial charge in [0.1, 0.15) is 0 Å². The van der Waals surface area contributed by atoms with E-state index < -0.39 is 6.30 Å². The van der Waals surface area contributed by atoms with Crippen molar-refractivity contribution in [2.45, 2.75) is 6.30 Å². The average molecular weight is 120 g/mol. The molecule has 0 saturated carbocycles. The van der Waals surface area contributed by atoms with Crippen molar-refractivity contribution in [1.29, 1.82) is 0 Å². The van der Waals surface area contributed by atoms with Crippen molar-refractivity contribution in [3.8, 4) is 0 Å². The third kappa shape index (κ3) is 4.02. The van der Waals surface area contributed by atoms with Gasteiger partial charge in [-0.15, -0.1) is 0 Å². The Bertz CT molecular complexity index is 56.4. The van der Waals surface area contributed by atoms with Crippen molar-refractivity contribution in [3.05, 3.63) is 0 Å². The van der Waals surface area contributed by atoms with Crippen LogP contribution in [0.2, 0.25) is 0 Å². The highest BCUT2D eigenvalue weighted by atomic mass is 19.1. The second kappa shape index (κ2) is 3.80. The zero-order valence-corrected chi connectivity index (χ0v) is 5.61. The van der Waals surface area contributed by atoms with Crippen LogP contribution in [0.15, 0.2) is 0 Å². The molecule has 1 N–H and O–H groups in total. The molecule has 0 heterocycles. The zero-order valence-electron chi connectivity index (χ0n) is 5.61. The minimum atomic E-state index is -0.898. The summed E-state index contributed by atoms with van der Waals surface area (Å²) in [7, 11) is 5.28. The summed E-state index contributed by atoms with van der Waals surface area (Å²) >= 11 is 0. The Morgan fingerprint density at radius 1 is 1.62 bits per heavy atom. The van der Waals surface area contributed by atoms with E-state index in [1.807, 2.05) is 14.1 Å². The standard InChI is InChI=1S/C5H13FN2/c1-7-5(6)4-8(2)3/h5,7H,4H2,1-3H3. The Kier molecular flexibility index (Phi) is 3.73. The number of alkyl halides is 1. The summed E-state index contributed by atoms with van der Waals surface area (Å²) in [4.78, 5) is 1.79. The third-order valence-electron chi connectivity index (χ3n) is 0.839. The van der Waals surface area contributed by atoms with Crippen molar-refractivity contribution in [2.24, 2.45) is 0 Å². The maximum Gasteiger partial charge on any atom is 0.163 e. The molecule has 0 aliphatic heterocycles. The lowest BCUT2D eigenvalue weighted by molar-refractivity contribution is 0.219. The van der Waals surface area contributed by atoms with Crippen molar-refractivity contribution < 1.29 is 4.39 Å². The van der Waals surface area contributed by atoms with E-state index in [2.05, 4.69) is 5.32 Å². The molecule has 2 nitrogen and oxygen atoms in total. The smallest absolute Gasteiger partial charge is 0.163 e. The van der Waals surface area contributed by atoms with E-state index in [9.17, 15) is 4.39 Å². The first-order valence-corrected chi connectivity index (χ1v) is 2.63. The van der Waals surface area contributed by atoms with Gasteiger partial charge in [-0.2, -0.15) is 0 Å². The average Bonchev–Trinajstić information content (AvgIpc) is 1.65. The van der Waals surface area contributed by atoms with Crippen LogP contribution < -0.4 is 5.32 Å². The summed E-state index contributed by atoms with van der Waals surface area (Å²) < 4.78 is 12.2. The van der Waals surface area contributed by atoms with Crippen LogP contribution in [-0.4, -0.2) is 38.9 Å². The zero-order chi connectivity index (χ0) is 6.57. The van der Waals surface area contributed by atoms with E-state index >= 15 is 0 Å². The normalized spacial score (nSPS) is 14.6. The van der Waals surface area contributed by atoms with Crippen LogP contribution in [0, 0.1) is 0 Å². The Labute approximate surface area is 49.7 Å². The van der Waals surface area contributed by atoms with Crippen LogP contribution in [0.5, 0.6) is 0 Å². The van der Waals surface area contributed by atoms with Gasteiger partial charge in [0.2, 0.25) is 0 Å². The van der Waals surface area contributed by atoms with E-state index in [0.29, 0.717) is 6.54 Å². The van der Waals surface area contributed by atoms with Crippen LogP contribution in [0.1, 0.15) is 0 Å². The van der Waals surface area contributed by atoms with Gasteiger partial charge in [0.15, 0.2) is 6.30 Å². The van der Waals surface area contributed by atoms with E-state index in [4.69, 9.17) is 0 Å². The summed E-state index contributed by atoms with van der Waals surface area (Å²) in [5.41, 5.74) is 0. The maximum atomic E-state index is 12.2. The molecular weight excluding hydrogens is 107 g/mol. The molecule has 0 aromatic heterocycles. The molecule has 1 atom stereocenters. The van der Waals surface area contributed by atoms with Crippen LogP contribution in [0.3, 0.4) is 0 Å². The fourth-order valence-electron chi connectivity index (χ4n) is 0.412. The molecule has 0 radical (unpaired) electrons. The van der Waals surface area contributed by atoms with Gasteiger partial charge < -0.3 is 4.90 Å². The minimum Gasteiger partial charge on any atom is -0.305 e. The number of hydrogen-bond donors (Lipinski definition) is 1.